The first-order valence-electron chi connectivity index (χ1n) is 4.51. The molecule has 2 N–H and O–H groups in total. The van der Waals surface area contributed by atoms with E-state index in [-0.39, 0.29) is 0 Å². The van der Waals surface area contributed by atoms with Gasteiger partial charge in [-0.1, -0.05) is 0 Å². The molecule has 0 spiro atoms. The van der Waals surface area contributed by atoms with Gasteiger partial charge in [-0.3, -0.25) is 0 Å². The quantitative estimate of drug-likeness (QED) is 0.726. The Morgan fingerprint density at radius 3 is 2.69 bits per heavy atom. The summed E-state index contributed by atoms with van der Waals surface area (Å²) in [5.74, 6) is 1.74. The van der Waals surface area contributed by atoms with Crippen molar-refractivity contribution in [3.63, 3.8) is 0 Å². The average Bonchev–Trinajstić information content (AvgIpc) is 2.67. The van der Waals surface area contributed by atoms with Crippen molar-refractivity contribution in [1.82, 2.24) is 0 Å². The van der Waals surface area contributed by atoms with Gasteiger partial charge in [-0.2, -0.15) is 0 Å². The van der Waals surface area contributed by atoms with Crippen molar-refractivity contribution in [2.75, 3.05) is 31.2 Å². The molecule has 4 nitrogen and oxygen atoms in total. The summed E-state index contributed by atoms with van der Waals surface area (Å²) in [6.07, 6.45) is 0. The summed E-state index contributed by atoms with van der Waals surface area (Å²) in [7, 11) is 0. The molecule has 1 aliphatic heterocycles. The number of hydrogen-bond acceptors (Lipinski definition) is 4. The van der Waals surface area contributed by atoms with Gasteiger partial charge in [0.25, 0.3) is 0 Å². The molecule has 1 aromatic heterocycles. The molecular formula is C9H14N2O2. The molecule has 0 saturated carbocycles. The predicted octanol–water partition coefficient (Wildman–Crippen LogP) is 0.575. The maximum absolute atomic E-state index is 5.52. The van der Waals surface area contributed by atoms with E-state index in [9.17, 15) is 0 Å². The van der Waals surface area contributed by atoms with Crippen molar-refractivity contribution in [2.24, 2.45) is 5.73 Å². The third kappa shape index (κ3) is 1.84. The Labute approximate surface area is 77.3 Å². The number of anilines is 1. The number of furan rings is 1. The minimum Gasteiger partial charge on any atom is -0.444 e. The highest BCUT2D eigenvalue weighted by Gasteiger charge is 2.13. The molecule has 2 rings (SSSR count). The molecule has 0 unspecified atom stereocenters. The average molecular weight is 182 g/mol. The molecule has 4 heteroatoms. The van der Waals surface area contributed by atoms with Gasteiger partial charge in [-0.05, 0) is 6.07 Å². The minimum absolute atomic E-state index is 0.463. The molecular weight excluding hydrogens is 168 g/mol. The van der Waals surface area contributed by atoms with E-state index in [4.69, 9.17) is 14.9 Å². The van der Waals surface area contributed by atoms with Gasteiger partial charge in [0.15, 0.2) is 5.88 Å². The summed E-state index contributed by atoms with van der Waals surface area (Å²) >= 11 is 0. The van der Waals surface area contributed by atoms with Crippen LogP contribution < -0.4 is 10.6 Å². The van der Waals surface area contributed by atoms with Crippen LogP contribution in [-0.4, -0.2) is 26.3 Å². The van der Waals surface area contributed by atoms with Crippen LogP contribution in [0, 0.1) is 0 Å². The SMILES string of the molecule is NCc1ccc(N2CCOCC2)o1. The van der Waals surface area contributed by atoms with E-state index in [0.717, 1.165) is 37.9 Å². The fourth-order valence-corrected chi connectivity index (χ4v) is 1.43. The summed E-state index contributed by atoms with van der Waals surface area (Å²) in [6.45, 7) is 3.82. The Morgan fingerprint density at radius 1 is 1.31 bits per heavy atom. The summed E-state index contributed by atoms with van der Waals surface area (Å²) in [4.78, 5) is 2.17. The topological polar surface area (TPSA) is 51.6 Å². The normalized spacial score (nSPS) is 17.8. The van der Waals surface area contributed by atoms with Crippen LogP contribution in [0.1, 0.15) is 5.76 Å². The Bertz CT molecular complexity index is 266. The van der Waals surface area contributed by atoms with Crippen molar-refractivity contribution >= 4 is 5.88 Å². The zero-order valence-corrected chi connectivity index (χ0v) is 7.53. The van der Waals surface area contributed by atoms with Crippen LogP contribution >= 0.6 is 0 Å². The summed E-state index contributed by atoms with van der Waals surface area (Å²) in [5, 5.41) is 0. The molecule has 0 radical (unpaired) electrons. The molecule has 0 amide bonds. The summed E-state index contributed by atoms with van der Waals surface area (Å²) in [6, 6.07) is 3.89. The van der Waals surface area contributed by atoms with E-state index in [1.807, 2.05) is 12.1 Å². The third-order valence-electron chi connectivity index (χ3n) is 2.17. The number of morpholine rings is 1. The van der Waals surface area contributed by atoms with Crippen LogP contribution in [0.5, 0.6) is 0 Å². The second-order valence-electron chi connectivity index (χ2n) is 3.04. The first kappa shape index (κ1) is 8.59. The third-order valence-corrected chi connectivity index (χ3v) is 2.17. The molecule has 1 saturated heterocycles. The van der Waals surface area contributed by atoms with Crippen molar-refractivity contribution in [1.29, 1.82) is 0 Å². The van der Waals surface area contributed by atoms with Crippen molar-refractivity contribution in [3.05, 3.63) is 17.9 Å². The molecule has 1 aromatic rings. The van der Waals surface area contributed by atoms with Crippen molar-refractivity contribution in [2.45, 2.75) is 6.54 Å². The van der Waals surface area contributed by atoms with Gasteiger partial charge in [-0.15, -0.1) is 0 Å². The zero-order chi connectivity index (χ0) is 9.10. The summed E-state index contributed by atoms with van der Waals surface area (Å²) in [5.41, 5.74) is 5.46. The van der Waals surface area contributed by atoms with Gasteiger partial charge in [-0.25, -0.2) is 0 Å². The lowest BCUT2D eigenvalue weighted by Gasteiger charge is -2.26. The first-order chi connectivity index (χ1) is 6.40. The van der Waals surface area contributed by atoms with Crippen LogP contribution in [-0.2, 0) is 11.3 Å². The second-order valence-corrected chi connectivity index (χ2v) is 3.04. The predicted molar refractivity (Wildman–Crippen MR) is 49.6 cm³/mol. The molecule has 1 fully saturated rings. The Morgan fingerprint density at radius 2 is 2.08 bits per heavy atom. The number of rotatable bonds is 2. The lowest BCUT2D eigenvalue weighted by Crippen LogP contribution is -2.35. The molecule has 2 heterocycles. The van der Waals surface area contributed by atoms with Crippen LogP contribution in [0.3, 0.4) is 0 Å². The first-order valence-corrected chi connectivity index (χ1v) is 4.51. The highest BCUT2D eigenvalue weighted by molar-refractivity contribution is 5.36. The van der Waals surface area contributed by atoms with Gasteiger partial charge in [0.1, 0.15) is 5.76 Å². The van der Waals surface area contributed by atoms with Gasteiger partial charge in [0.2, 0.25) is 0 Å². The van der Waals surface area contributed by atoms with Gasteiger partial charge < -0.3 is 19.8 Å². The molecule has 1 aliphatic rings. The zero-order valence-electron chi connectivity index (χ0n) is 7.53. The van der Waals surface area contributed by atoms with Crippen LogP contribution in [0.15, 0.2) is 16.5 Å². The van der Waals surface area contributed by atoms with Crippen LogP contribution in [0.25, 0.3) is 0 Å². The van der Waals surface area contributed by atoms with E-state index >= 15 is 0 Å². The van der Waals surface area contributed by atoms with Gasteiger partial charge in [0, 0.05) is 19.2 Å². The van der Waals surface area contributed by atoms with E-state index in [2.05, 4.69) is 4.90 Å². The van der Waals surface area contributed by atoms with Crippen LogP contribution in [0.4, 0.5) is 5.88 Å². The maximum atomic E-state index is 5.52. The molecule has 13 heavy (non-hydrogen) atoms. The van der Waals surface area contributed by atoms with E-state index < -0.39 is 0 Å². The number of hydrogen-bond donors (Lipinski definition) is 1. The summed E-state index contributed by atoms with van der Waals surface area (Å²) < 4.78 is 10.8. The lowest BCUT2D eigenvalue weighted by atomic mass is 10.4. The van der Waals surface area contributed by atoms with Gasteiger partial charge >= 0.3 is 0 Å². The Hall–Kier alpha value is -1.00. The highest BCUT2D eigenvalue weighted by Crippen LogP contribution is 2.18. The molecule has 0 aliphatic carbocycles. The standard InChI is InChI=1S/C9H14N2O2/c10-7-8-1-2-9(13-8)11-3-5-12-6-4-11/h1-2H,3-7,10H2. The lowest BCUT2D eigenvalue weighted by molar-refractivity contribution is 0.120. The van der Waals surface area contributed by atoms with Crippen molar-refractivity contribution in [3.8, 4) is 0 Å². The van der Waals surface area contributed by atoms with Gasteiger partial charge in [0.05, 0.1) is 19.8 Å². The van der Waals surface area contributed by atoms with E-state index in [1.54, 1.807) is 0 Å². The van der Waals surface area contributed by atoms with Crippen molar-refractivity contribution < 1.29 is 9.15 Å². The smallest absolute Gasteiger partial charge is 0.195 e. The number of nitrogens with two attached hydrogens (primary N) is 1. The monoisotopic (exact) mass is 182 g/mol. The second kappa shape index (κ2) is 3.81. The molecule has 0 aromatic carbocycles. The fraction of sp³-hybridized carbons (Fsp3) is 0.556. The molecule has 72 valence electrons. The fourth-order valence-electron chi connectivity index (χ4n) is 1.43. The maximum Gasteiger partial charge on any atom is 0.195 e. The number of nitrogens with zero attached hydrogens (tertiary/aromatic N) is 1. The Balaban J connectivity index is 2.05. The Kier molecular flexibility index (Phi) is 2.52. The molecule has 0 bridgehead atoms. The number of ether oxygens (including phenoxy) is 1. The van der Waals surface area contributed by atoms with E-state index in [0.29, 0.717) is 6.54 Å². The minimum atomic E-state index is 0.463. The highest BCUT2D eigenvalue weighted by atomic mass is 16.5. The molecule has 0 atom stereocenters. The van der Waals surface area contributed by atoms with E-state index in [1.165, 1.54) is 0 Å². The largest absolute Gasteiger partial charge is 0.444 e. The van der Waals surface area contributed by atoms with Crippen LogP contribution in [0.2, 0.25) is 0 Å².